The molecule has 0 bridgehead atoms. The van der Waals surface area contributed by atoms with E-state index in [-0.39, 0.29) is 0 Å². The van der Waals surface area contributed by atoms with Gasteiger partial charge in [0.05, 0.1) is 6.61 Å². The smallest absolute Gasteiger partial charge is 0.187 e. The number of nitrogens with zero attached hydrogens (tertiary/aromatic N) is 2. The normalized spacial score (nSPS) is 10.6. The van der Waals surface area contributed by atoms with Crippen molar-refractivity contribution in [2.75, 3.05) is 12.4 Å². The van der Waals surface area contributed by atoms with Gasteiger partial charge in [0.15, 0.2) is 5.16 Å². The maximum Gasteiger partial charge on any atom is 0.187 e. The van der Waals surface area contributed by atoms with Crippen molar-refractivity contribution in [3.05, 3.63) is 47.3 Å². The highest BCUT2D eigenvalue weighted by atomic mass is 32.2. The van der Waals surface area contributed by atoms with Gasteiger partial charge in [-0.05, 0) is 56.0 Å². The van der Waals surface area contributed by atoms with Crippen LogP contribution in [0.4, 0.5) is 0 Å². The van der Waals surface area contributed by atoms with Crippen LogP contribution in [0, 0.1) is 20.8 Å². The third kappa shape index (κ3) is 4.85. The number of rotatable bonds is 6. The van der Waals surface area contributed by atoms with Crippen molar-refractivity contribution in [2.45, 2.75) is 32.3 Å². The SMILES string of the molecule is Cc1cnc(SCCCOc2cc(C)cc(C)c2)nc1. The molecule has 3 nitrogen and oxygen atoms in total. The Labute approximate surface area is 124 Å². The first-order valence-electron chi connectivity index (χ1n) is 6.76. The summed E-state index contributed by atoms with van der Waals surface area (Å²) in [6, 6.07) is 6.30. The van der Waals surface area contributed by atoms with Crippen LogP contribution in [0.3, 0.4) is 0 Å². The molecule has 2 aromatic rings. The van der Waals surface area contributed by atoms with Gasteiger partial charge in [-0.2, -0.15) is 0 Å². The lowest BCUT2D eigenvalue weighted by molar-refractivity contribution is 0.318. The minimum absolute atomic E-state index is 0.724. The first-order chi connectivity index (χ1) is 9.63. The molecule has 1 aromatic heterocycles. The topological polar surface area (TPSA) is 35.0 Å². The minimum Gasteiger partial charge on any atom is -0.494 e. The Morgan fingerprint density at radius 2 is 1.60 bits per heavy atom. The largest absolute Gasteiger partial charge is 0.494 e. The average molecular weight is 288 g/mol. The summed E-state index contributed by atoms with van der Waals surface area (Å²) in [5.74, 6) is 1.92. The summed E-state index contributed by atoms with van der Waals surface area (Å²) in [5.41, 5.74) is 3.57. The molecule has 0 radical (unpaired) electrons. The van der Waals surface area contributed by atoms with Crippen LogP contribution in [0.2, 0.25) is 0 Å². The summed E-state index contributed by atoms with van der Waals surface area (Å²) < 4.78 is 5.77. The maximum absolute atomic E-state index is 5.77. The van der Waals surface area contributed by atoms with Crippen LogP contribution in [0.5, 0.6) is 5.75 Å². The van der Waals surface area contributed by atoms with Gasteiger partial charge in [0, 0.05) is 18.1 Å². The summed E-state index contributed by atoms with van der Waals surface area (Å²) >= 11 is 1.67. The van der Waals surface area contributed by atoms with Crippen LogP contribution in [0.15, 0.2) is 35.7 Å². The number of aryl methyl sites for hydroxylation is 3. The van der Waals surface area contributed by atoms with Crippen molar-refractivity contribution < 1.29 is 4.74 Å². The molecule has 0 amide bonds. The van der Waals surface area contributed by atoms with Crippen molar-refractivity contribution in [3.8, 4) is 5.75 Å². The summed E-state index contributed by atoms with van der Waals surface area (Å²) in [6.45, 7) is 6.89. The molecule has 0 fully saturated rings. The number of hydrogen-bond acceptors (Lipinski definition) is 4. The lowest BCUT2D eigenvalue weighted by Gasteiger charge is -2.08. The van der Waals surface area contributed by atoms with Crippen LogP contribution >= 0.6 is 11.8 Å². The van der Waals surface area contributed by atoms with Gasteiger partial charge in [-0.25, -0.2) is 9.97 Å². The fraction of sp³-hybridized carbons (Fsp3) is 0.375. The zero-order valence-corrected chi connectivity index (χ0v) is 13.0. The molecule has 0 unspecified atom stereocenters. The lowest BCUT2D eigenvalue weighted by Crippen LogP contribution is -1.99. The zero-order chi connectivity index (χ0) is 14.4. The molecule has 106 valence electrons. The lowest BCUT2D eigenvalue weighted by atomic mass is 10.1. The molecule has 4 heteroatoms. The van der Waals surface area contributed by atoms with Crippen molar-refractivity contribution in [1.82, 2.24) is 9.97 Å². The molecule has 0 aliphatic rings. The Morgan fingerprint density at radius 1 is 0.950 bits per heavy atom. The first kappa shape index (κ1) is 14.9. The highest BCUT2D eigenvalue weighted by Gasteiger charge is 1.99. The fourth-order valence-corrected chi connectivity index (χ4v) is 2.58. The van der Waals surface area contributed by atoms with Crippen molar-refractivity contribution in [2.24, 2.45) is 0 Å². The van der Waals surface area contributed by atoms with Crippen molar-refractivity contribution in [3.63, 3.8) is 0 Å². The molecule has 1 aromatic carbocycles. The molecule has 0 aliphatic carbocycles. The van der Waals surface area contributed by atoms with Crippen LogP contribution in [0.1, 0.15) is 23.1 Å². The third-order valence-electron chi connectivity index (χ3n) is 2.74. The predicted molar refractivity (Wildman–Crippen MR) is 83.5 cm³/mol. The number of aromatic nitrogens is 2. The molecule has 1 heterocycles. The minimum atomic E-state index is 0.724. The standard InChI is InChI=1S/C16H20N2OS/c1-12-7-13(2)9-15(8-12)19-5-4-6-20-16-17-10-14(3)11-18-16/h7-11H,4-6H2,1-3H3. The Bertz CT molecular complexity index is 535. The summed E-state index contributed by atoms with van der Waals surface area (Å²) in [6.07, 6.45) is 4.68. The van der Waals surface area contributed by atoms with E-state index in [1.165, 1.54) is 11.1 Å². The second-order valence-corrected chi connectivity index (χ2v) is 5.98. The summed E-state index contributed by atoms with van der Waals surface area (Å²) in [7, 11) is 0. The van der Waals surface area contributed by atoms with E-state index in [1.807, 2.05) is 19.3 Å². The van der Waals surface area contributed by atoms with Crippen LogP contribution < -0.4 is 4.74 Å². The Morgan fingerprint density at radius 3 is 2.25 bits per heavy atom. The number of ether oxygens (including phenoxy) is 1. The van der Waals surface area contributed by atoms with Crippen LogP contribution in [-0.4, -0.2) is 22.3 Å². The average Bonchev–Trinajstić information content (AvgIpc) is 2.39. The Balaban J connectivity index is 1.70. The molecule has 0 spiro atoms. The van der Waals surface area contributed by atoms with Gasteiger partial charge in [-0.3, -0.25) is 0 Å². The second kappa shape index (κ2) is 7.29. The van der Waals surface area contributed by atoms with Gasteiger partial charge in [0.2, 0.25) is 0 Å². The molecule has 0 N–H and O–H groups in total. The molecule has 0 aliphatic heterocycles. The van der Waals surface area contributed by atoms with E-state index in [0.717, 1.165) is 35.2 Å². The maximum atomic E-state index is 5.77. The van der Waals surface area contributed by atoms with Gasteiger partial charge in [-0.15, -0.1) is 0 Å². The number of benzene rings is 1. The molecular weight excluding hydrogens is 268 g/mol. The predicted octanol–water partition coefficient (Wildman–Crippen LogP) is 3.96. The third-order valence-corrected chi connectivity index (χ3v) is 3.70. The first-order valence-corrected chi connectivity index (χ1v) is 7.74. The van der Waals surface area contributed by atoms with Gasteiger partial charge >= 0.3 is 0 Å². The molecular formula is C16H20N2OS. The van der Waals surface area contributed by atoms with E-state index < -0.39 is 0 Å². The van der Waals surface area contributed by atoms with Gasteiger partial charge < -0.3 is 4.74 Å². The summed E-state index contributed by atoms with van der Waals surface area (Å²) in [5, 5.41) is 0.835. The van der Waals surface area contributed by atoms with Crippen molar-refractivity contribution in [1.29, 1.82) is 0 Å². The van der Waals surface area contributed by atoms with E-state index in [0.29, 0.717) is 0 Å². The monoisotopic (exact) mass is 288 g/mol. The fourth-order valence-electron chi connectivity index (χ4n) is 1.88. The highest BCUT2D eigenvalue weighted by Crippen LogP contribution is 2.17. The Hall–Kier alpha value is -1.55. The van der Waals surface area contributed by atoms with Gasteiger partial charge in [0.1, 0.15) is 5.75 Å². The van der Waals surface area contributed by atoms with E-state index in [9.17, 15) is 0 Å². The molecule has 20 heavy (non-hydrogen) atoms. The van der Waals surface area contributed by atoms with E-state index in [4.69, 9.17) is 4.74 Å². The quantitative estimate of drug-likeness (QED) is 0.458. The van der Waals surface area contributed by atoms with Crippen LogP contribution in [-0.2, 0) is 0 Å². The Kier molecular flexibility index (Phi) is 5.41. The highest BCUT2D eigenvalue weighted by molar-refractivity contribution is 7.99. The number of hydrogen-bond donors (Lipinski definition) is 0. The molecule has 0 saturated carbocycles. The molecule has 0 saturated heterocycles. The van der Waals surface area contributed by atoms with Gasteiger partial charge in [0.25, 0.3) is 0 Å². The van der Waals surface area contributed by atoms with Gasteiger partial charge in [-0.1, -0.05) is 17.8 Å². The van der Waals surface area contributed by atoms with Crippen LogP contribution in [0.25, 0.3) is 0 Å². The van der Waals surface area contributed by atoms with E-state index >= 15 is 0 Å². The zero-order valence-electron chi connectivity index (χ0n) is 12.2. The molecule has 2 rings (SSSR count). The van der Waals surface area contributed by atoms with E-state index in [2.05, 4.69) is 42.0 Å². The second-order valence-electron chi connectivity index (χ2n) is 4.92. The van der Waals surface area contributed by atoms with E-state index in [1.54, 1.807) is 11.8 Å². The number of thioether (sulfide) groups is 1. The van der Waals surface area contributed by atoms with Crippen molar-refractivity contribution >= 4 is 11.8 Å². The molecule has 0 atom stereocenters. The summed E-state index contributed by atoms with van der Waals surface area (Å²) in [4.78, 5) is 8.54.